The van der Waals surface area contributed by atoms with Gasteiger partial charge in [0.05, 0.1) is 30.4 Å². The Balaban J connectivity index is 1.89. The molecule has 45 heavy (non-hydrogen) atoms. The summed E-state index contributed by atoms with van der Waals surface area (Å²) in [6.07, 6.45) is 3.26. The van der Waals surface area contributed by atoms with Crippen molar-refractivity contribution in [2.75, 3.05) is 59.3 Å². The molecular weight excluding hydrogens is 572 g/mol. The summed E-state index contributed by atoms with van der Waals surface area (Å²) in [5, 5.41) is 13.1. The van der Waals surface area contributed by atoms with E-state index in [2.05, 4.69) is 10.2 Å². The zero-order valence-corrected chi connectivity index (χ0v) is 27.8. The number of nitrogens with zero attached hydrogens (tertiary/aromatic N) is 3. The molecule has 0 fully saturated rings. The van der Waals surface area contributed by atoms with Crippen LogP contribution in [0.25, 0.3) is 0 Å². The number of nitrogens with one attached hydrogen (secondary N) is 1. The average molecular weight is 625 g/mol. The molecule has 0 saturated heterocycles. The van der Waals surface area contributed by atoms with E-state index in [0.29, 0.717) is 48.7 Å². The van der Waals surface area contributed by atoms with Gasteiger partial charge >= 0.3 is 0 Å². The summed E-state index contributed by atoms with van der Waals surface area (Å²) >= 11 is 0. The van der Waals surface area contributed by atoms with Gasteiger partial charge in [-0.15, -0.1) is 0 Å². The lowest BCUT2D eigenvalue weighted by Crippen LogP contribution is -2.48. The highest BCUT2D eigenvalue weighted by Gasteiger charge is 2.31. The van der Waals surface area contributed by atoms with Crippen LogP contribution in [-0.4, -0.2) is 110 Å². The fourth-order valence-corrected chi connectivity index (χ4v) is 5.36. The topological polar surface area (TPSA) is 112 Å². The van der Waals surface area contributed by atoms with E-state index >= 15 is 0 Å². The fourth-order valence-electron chi connectivity index (χ4n) is 5.36. The van der Waals surface area contributed by atoms with Gasteiger partial charge in [-0.05, 0) is 90.5 Å². The first-order chi connectivity index (χ1) is 21.5. The normalized spacial score (nSPS) is 20.5. The second kappa shape index (κ2) is 17.9. The lowest BCUT2D eigenvalue weighted by atomic mass is 10.0. The van der Waals surface area contributed by atoms with Crippen molar-refractivity contribution >= 4 is 23.4 Å². The molecule has 0 unspecified atom stereocenters. The second-order valence-corrected chi connectivity index (χ2v) is 12.5. The Hall–Kier alpha value is -3.47. The van der Waals surface area contributed by atoms with Crippen LogP contribution < -0.4 is 10.1 Å². The van der Waals surface area contributed by atoms with Crippen molar-refractivity contribution in [1.29, 1.82) is 0 Å². The van der Waals surface area contributed by atoms with E-state index < -0.39 is 6.04 Å². The van der Waals surface area contributed by atoms with Crippen LogP contribution in [0.2, 0.25) is 0 Å². The van der Waals surface area contributed by atoms with Gasteiger partial charge in [-0.1, -0.05) is 25.1 Å². The van der Waals surface area contributed by atoms with Gasteiger partial charge in [0.25, 0.3) is 11.8 Å². The minimum absolute atomic E-state index is 0.0636. The number of ether oxygens (including phenoxy) is 2. The summed E-state index contributed by atoms with van der Waals surface area (Å²) in [5.41, 5.74) is 1.28. The molecule has 10 heteroatoms. The minimum atomic E-state index is -0.494. The highest BCUT2D eigenvalue weighted by atomic mass is 16.5. The van der Waals surface area contributed by atoms with Crippen LogP contribution in [0.3, 0.4) is 0 Å². The van der Waals surface area contributed by atoms with E-state index in [1.54, 1.807) is 66.2 Å². The monoisotopic (exact) mass is 624 g/mol. The zero-order chi connectivity index (χ0) is 32.9. The van der Waals surface area contributed by atoms with Gasteiger partial charge in [0.2, 0.25) is 5.91 Å². The lowest BCUT2D eigenvalue weighted by molar-refractivity contribution is -0.132. The average Bonchev–Trinajstić information content (AvgIpc) is 3.02. The van der Waals surface area contributed by atoms with Crippen molar-refractivity contribution < 1.29 is 29.0 Å². The molecule has 1 aliphatic heterocycles. The Morgan fingerprint density at radius 1 is 1.09 bits per heavy atom. The molecule has 2 N–H and O–H groups in total. The standard InChI is InChI=1S/C35H52N4O6/c1-25-22-39(26(2)24-40)35(43)30-21-29(36-34(42)28-14-8-7-9-15-28)17-18-31(30)45-27(3)13-10-11-20-44-32(25)23-38(6)33(41)16-12-19-37(4)5/h7-9,14-15,17-18,21,25-27,32,40H,10-13,16,19-20,22-24H2,1-6H3,(H,36,42)/t25-,26-,27-,32-/m1/s1. The van der Waals surface area contributed by atoms with E-state index in [9.17, 15) is 19.5 Å². The third kappa shape index (κ3) is 11.1. The third-order valence-corrected chi connectivity index (χ3v) is 8.22. The van der Waals surface area contributed by atoms with Crippen LogP contribution in [0, 0.1) is 5.92 Å². The van der Waals surface area contributed by atoms with Gasteiger partial charge < -0.3 is 34.6 Å². The first-order valence-corrected chi connectivity index (χ1v) is 16.1. The molecule has 2 aromatic carbocycles. The van der Waals surface area contributed by atoms with Gasteiger partial charge in [-0.2, -0.15) is 0 Å². The van der Waals surface area contributed by atoms with Crippen molar-refractivity contribution in [2.45, 2.75) is 71.1 Å². The molecular formula is C35H52N4O6. The van der Waals surface area contributed by atoms with Crippen LogP contribution in [0.5, 0.6) is 5.75 Å². The third-order valence-electron chi connectivity index (χ3n) is 8.22. The summed E-state index contributed by atoms with van der Waals surface area (Å²) in [6, 6.07) is 13.5. The number of carbonyl (C=O) groups is 3. The summed E-state index contributed by atoms with van der Waals surface area (Å²) < 4.78 is 12.7. The number of rotatable bonds is 10. The van der Waals surface area contributed by atoms with Gasteiger partial charge in [0.15, 0.2) is 0 Å². The Kier molecular flexibility index (Phi) is 14.3. The van der Waals surface area contributed by atoms with Crippen LogP contribution in [0.4, 0.5) is 5.69 Å². The highest BCUT2D eigenvalue weighted by Crippen LogP contribution is 2.29. The highest BCUT2D eigenvalue weighted by molar-refractivity contribution is 6.05. The molecule has 3 rings (SSSR count). The Labute approximate surface area is 268 Å². The van der Waals surface area contributed by atoms with Gasteiger partial charge in [-0.25, -0.2) is 0 Å². The SMILES string of the molecule is C[C@@H]1CCCCO[C@H](CN(C)C(=O)CCCN(C)C)[C@H](C)CN([C@H](C)CO)C(=O)c2cc(NC(=O)c3ccccc3)ccc2O1. The molecule has 0 aromatic heterocycles. The first-order valence-electron chi connectivity index (χ1n) is 16.1. The number of benzene rings is 2. The molecule has 0 spiro atoms. The fraction of sp³-hybridized carbons (Fsp3) is 0.571. The summed E-state index contributed by atoms with van der Waals surface area (Å²) in [5.74, 6) is -0.250. The predicted octanol–water partition coefficient (Wildman–Crippen LogP) is 4.53. The minimum Gasteiger partial charge on any atom is -0.490 e. The number of hydrogen-bond donors (Lipinski definition) is 2. The van der Waals surface area contributed by atoms with E-state index in [1.165, 1.54) is 0 Å². The number of hydrogen-bond acceptors (Lipinski definition) is 7. The number of carbonyl (C=O) groups excluding carboxylic acids is 3. The van der Waals surface area contributed by atoms with Crippen LogP contribution in [-0.2, 0) is 9.53 Å². The van der Waals surface area contributed by atoms with Gasteiger partial charge in [0.1, 0.15) is 5.75 Å². The van der Waals surface area contributed by atoms with Crippen molar-refractivity contribution in [3.05, 3.63) is 59.7 Å². The number of likely N-dealkylation sites (N-methyl/N-ethyl adjacent to an activating group) is 1. The number of aliphatic hydroxyl groups excluding tert-OH is 1. The Bertz CT molecular complexity index is 1240. The number of fused-ring (bicyclic) bond motifs is 1. The smallest absolute Gasteiger partial charge is 0.258 e. The predicted molar refractivity (Wildman–Crippen MR) is 177 cm³/mol. The lowest BCUT2D eigenvalue weighted by Gasteiger charge is -2.36. The molecule has 0 saturated carbocycles. The van der Waals surface area contributed by atoms with Crippen LogP contribution in [0.15, 0.2) is 48.5 Å². The first kappa shape index (κ1) is 36.0. The maximum Gasteiger partial charge on any atom is 0.258 e. The van der Waals surface area contributed by atoms with Crippen LogP contribution in [0.1, 0.15) is 73.6 Å². The van der Waals surface area contributed by atoms with Gasteiger partial charge in [-0.3, -0.25) is 14.4 Å². The summed E-state index contributed by atoms with van der Waals surface area (Å²) in [6.45, 7) is 7.64. The van der Waals surface area contributed by atoms with Gasteiger partial charge in [0, 0.05) is 50.3 Å². The Morgan fingerprint density at radius 3 is 2.51 bits per heavy atom. The van der Waals surface area contributed by atoms with Crippen molar-refractivity contribution in [1.82, 2.24) is 14.7 Å². The van der Waals surface area contributed by atoms with Crippen molar-refractivity contribution in [3.63, 3.8) is 0 Å². The van der Waals surface area contributed by atoms with E-state index in [0.717, 1.165) is 32.2 Å². The Morgan fingerprint density at radius 2 is 1.82 bits per heavy atom. The largest absolute Gasteiger partial charge is 0.490 e. The molecule has 1 aliphatic rings. The number of aliphatic hydroxyl groups is 1. The summed E-state index contributed by atoms with van der Waals surface area (Å²) in [7, 11) is 5.79. The molecule has 10 nitrogen and oxygen atoms in total. The molecule has 3 amide bonds. The quantitative estimate of drug-likeness (QED) is 0.400. The molecule has 2 aromatic rings. The molecule has 1 heterocycles. The van der Waals surface area contributed by atoms with Crippen molar-refractivity contribution in [3.8, 4) is 5.75 Å². The molecule has 0 radical (unpaired) electrons. The molecule has 248 valence electrons. The number of anilines is 1. The van der Waals surface area contributed by atoms with E-state index in [4.69, 9.17) is 9.47 Å². The number of amides is 3. The van der Waals surface area contributed by atoms with Crippen LogP contribution >= 0.6 is 0 Å². The maximum atomic E-state index is 14.3. The zero-order valence-electron chi connectivity index (χ0n) is 27.8. The molecule has 4 atom stereocenters. The molecule has 0 aliphatic carbocycles. The molecule has 0 bridgehead atoms. The van der Waals surface area contributed by atoms with E-state index in [1.807, 2.05) is 34.0 Å². The van der Waals surface area contributed by atoms with Crippen molar-refractivity contribution in [2.24, 2.45) is 5.92 Å². The second-order valence-electron chi connectivity index (χ2n) is 12.5. The van der Waals surface area contributed by atoms with E-state index in [-0.39, 0.29) is 42.5 Å². The summed E-state index contributed by atoms with van der Waals surface area (Å²) in [4.78, 5) is 45.5. The maximum absolute atomic E-state index is 14.3.